The number of nitrogens with zero attached hydrogens (tertiary/aromatic N) is 1. The number of rotatable bonds is 8. The van der Waals surface area contributed by atoms with E-state index >= 15 is 0 Å². The van der Waals surface area contributed by atoms with Gasteiger partial charge in [0.2, 0.25) is 0 Å². The van der Waals surface area contributed by atoms with Crippen LogP contribution >= 0.6 is 11.8 Å². The molecule has 0 aliphatic heterocycles. The van der Waals surface area contributed by atoms with Gasteiger partial charge in [0.05, 0.1) is 0 Å². The van der Waals surface area contributed by atoms with E-state index in [0.29, 0.717) is 6.04 Å². The summed E-state index contributed by atoms with van der Waals surface area (Å²) >= 11 is 1.91. The fraction of sp³-hybridized carbons (Fsp3) is 0.600. The Morgan fingerprint density at radius 1 is 1.22 bits per heavy atom. The molecule has 1 rings (SSSR count). The third-order valence-corrected chi connectivity index (χ3v) is 4.01. The van der Waals surface area contributed by atoms with Crippen molar-refractivity contribution in [3.63, 3.8) is 0 Å². The second-order valence-corrected chi connectivity index (χ2v) is 5.73. The van der Waals surface area contributed by atoms with Crippen molar-refractivity contribution >= 4 is 11.8 Å². The summed E-state index contributed by atoms with van der Waals surface area (Å²) in [4.78, 5) is 2.41. The second kappa shape index (κ2) is 8.57. The number of thioether (sulfide) groups is 1. The molecule has 1 unspecified atom stereocenters. The van der Waals surface area contributed by atoms with Crippen LogP contribution in [0.3, 0.4) is 0 Å². The van der Waals surface area contributed by atoms with Crippen LogP contribution in [0.5, 0.6) is 0 Å². The lowest BCUT2D eigenvalue weighted by molar-refractivity contribution is 0.270. The zero-order valence-corrected chi connectivity index (χ0v) is 12.9. The highest BCUT2D eigenvalue weighted by atomic mass is 32.2. The van der Waals surface area contributed by atoms with Gasteiger partial charge in [0.15, 0.2) is 0 Å². The van der Waals surface area contributed by atoms with Crippen molar-refractivity contribution in [2.24, 2.45) is 0 Å². The molecule has 1 atom stereocenters. The fourth-order valence-electron chi connectivity index (χ4n) is 1.84. The van der Waals surface area contributed by atoms with Crippen molar-refractivity contribution in [2.45, 2.75) is 33.0 Å². The molecule has 1 aromatic carbocycles. The SMILES string of the molecule is CCNCc1ccc(CN(C)C(C)CSC)cc1. The zero-order chi connectivity index (χ0) is 13.4. The van der Waals surface area contributed by atoms with E-state index in [0.717, 1.165) is 19.6 Å². The molecular weight excluding hydrogens is 240 g/mol. The number of hydrogen-bond acceptors (Lipinski definition) is 3. The Hall–Kier alpha value is -0.510. The van der Waals surface area contributed by atoms with Crippen molar-refractivity contribution in [1.29, 1.82) is 0 Å². The predicted octanol–water partition coefficient (Wildman–Crippen LogP) is 2.98. The first kappa shape index (κ1) is 15.5. The van der Waals surface area contributed by atoms with E-state index < -0.39 is 0 Å². The van der Waals surface area contributed by atoms with Gasteiger partial charge in [-0.05, 0) is 37.9 Å². The van der Waals surface area contributed by atoms with Gasteiger partial charge in [-0.3, -0.25) is 4.90 Å². The van der Waals surface area contributed by atoms with Gasteiger partial charge in [0, 0.05) is 24.9 Å². The lowest BCUT2D eigenvalue weighted by atomic mass is 10.1. The monoisotopic (exact) mass is 266 g/mol. The summed E-state index contributed by atoms with van der Waals surface area (Å²) in [5.41, 5.74) is 2.76. The molecule has 0 aromatic heterocycles. The normalized spacial score (nSPS) is 12.9. The van der Waals surface area contributed by atoms with Gasteiger partial charge >= 0.3 is 0 Å². The van der Waals surface area contributed by atoms with E-state index in [4.69, 9.17) is 0 Å². The Kier molecular flexibility index (Phi) is 7.40. The van der Waals surface area contributed by atoms with Crippen LogP contribution in [0.4, 0.5) is 0 Å². The average molecular weight is 266 g/mol. The first-order valence-electron chi connectivity index (χ1n) is 6.65. The summed E-state index contributed by atoms with van der Waals surface area (Å²) in [6.07, 6.45) is 2.17. The van der Waals surface area contributed by atoms with Crippen LogP contribution in [0.25, 0.3) is 0 Å². The zero-order valence-electron chi connectivity index (χ0n) is 12.1. The summed E-state index contributed by atoms with van der Waals surface area (Å²) in [6, 6.07) is 9.57. The molecule has 0 saturated heterocycles. The Labute approximate surface area is 116 Å². The molecule has 18 heavy (non-hydrogen) atoms. The second-order valence-electron chi connectivity index (χ2n) is 4.82. The van der Waals surface area contributed by atoms with Gasteiger partial charge in [0.1, 0.15) is 0 Å². The maximum absolute atomic E-state index is 3.35. The minimum absolute atomic E-state index is 0.626. The van der Waals surface area contributed by atoms with Crippen LogP contribution in [-0.2, 0) is 13.1 Å². The van der Waals surface area contributed by atoms with Crippen LogP contribution in [-0.4, -0.2) is 36.5 Å². The Morgan fingerprint density at radius 3 is 2.39 bits per heavy atom. The van der Waals surface area contributed by atoms with Crippen LogP contribution in [0, 0.1) is 0 Å². The van der Waals surface area contributed by atoms with Gasteiger partial charge in [-0.25, -0.2) is 0 Å². The Balaban J connectivity index is 2.47. The summed E-state index contributed by atoms with van der Waals surface area (Å²) < 4.78 is 0. The quantitative estimate of drug-likeness (QED) is 0.779. The largest absolute Gasteiger partial charge is 0.313 e. The minimum atomic E-state index is 0.626. The molecule has 0 spiro atoms. The molecule has 3 heteroatoms. The smallest absolute Gasteiger partial charge is 0.0233 e. The van der Waals surface area contributed by atoms with Gasteiger partial charge in [-0.2, -0.15) is 11.8 Å². The number of nitrogens with one attached hydrogen (secondary N) is 1. The molecule has 0 aliphatic rings. The minimum Gasteiger partial charge on any atom is -0.313 e. The van der Waals surface area contributed by atoms with Crippen molar-refractivity contribution in [3.8, 4) is 0 Å². The highest BCUT2D eigenvalue weighted by molar-refractivity contribution is 7.98. The maximum Gasteiger partial charge on any atom is 0.0233 e. The highest BCUT2D eigenvalue weighted by Gasteiger charge is 2.08. The van der Waals surface area contributed by atoms with E-state index in [1.165, 1.54) is 16.9 Å². The van der Waals surface area contributed by atoms with Gasteiger partial charge in [-0.1, -0.05) is 31.2 Å². The van der Waals surface area contributed by atoms with Crippen molar-refractivity contribution in [3.05, 3.63) is 35.4 Å². The molecule has 0 radical (unpaired) electrons. The lowest BCUT2D eigenvalue weighted by Crippen LogP contribution is -2.30. The summed E-state index contributed by atoms with van der Waals surface area (Å²) in [5, 5.41) is 3.35. The predicted molar refractivity (Wildman–Crippen MR) is 83.1 cm³/mol. The first-order valence-corrected chi connectivity index (χ1v) is 8.04. The Morgan fingerprint density at radius 2 is 1.83 bits per heavy atom. The van der Waals surface area contributed by atoms with E-state index in [1.807, 2.05) is 11.8 Å². The summed E-state index contributed by atoms with van der Waals surface area (Å²) in [5.74, 6) is 1.19. The molecule has 0 bridgehead atoms. The fourth-order valence-corrected chi connectivity index (χ4v) is 2.58. The topological polar surface area (TPSA) is 15.3 Å². The van der Waals surface area contributed by atoms with Gasteiger partial charge in [-0.15, -0.1) is 0 Å². The lowest BCUT2D eigenvalue weighted by Gasteiger charge is -2.24. The molecule has 0 fully saturated rings. The van der Waals surface area contributed by atoms with E-state index in [2.05, 4.69) is 61.6 Å². The standard InChI is InChI=1S/C15H26N2S/c1-5-16-10-14-6-8-15(9-7-14)11-17(3)13(2)12-18-4/h6-9,13,16H,5,10-12H2,1-4H3. The first-order chi connectivity index (χ1) is 8.67. The molecule has 0 saturated carbocycles. The maximum atomic E-state index is 3.35. The average Bonchev–Trinajstić information content (AvgIpc) is 2.38. The van der Waals surface area contributed by atoms with Crippen molar-refractivity contribution < 1.29 is 0 Å². The molecule has 0 amide bonds. The van der Waals surface area contributed by atoms with E-state index in [9.17, 15) is 0 Å². The summed E-state index contributed by atoms with van der Waals surface area (Å²) in [6.45, 7) is 7.45. The molecular formula is C15H26N2S. The van der Waals surface area contributed by atoms with Crippen molar-refractivity contribution in [2.75, 3.05) is 25.6 Å². The van der Waals surface area contributed by atoms with Crippen LogP contribution in [0.1, 0.15) is 25.0 Å². The molecule has 1 aromatic rings. The third kappa shape index (κ3) is 5.42. The number of hydrogen-bond donors (Lipinski definition) is 1. The highest BCUT2D eigenvalue weighted by Crippen LogP contribution is 2.10. The van der Waals surface area contributed by atoms with E-state index in [-0.39, 0.29) is 0 Å². The van der Waals surface area contributed by atoms with Gasteiger partial charge in [0.25, 0.3) is 0 Å². The van der Waals surface area contributed by atoms with Crippen LogP contribution in [0.15, 0.2) is 24.3 Å². The van der Waals surface area contributed by atoms with Crippen LogP contribution < -0.4 is 5.32 Å². The summed E-state index contributed by atoms with van der Waals surface area (Å²) in [7, 11) is 2.20. The van der Waals surface area contributed by atoms with Crippen molar-refractivity contribution in [1.82, 2.24) is 10.2 Å². The number of benzene rings is 1. The van der Waals surface area contributed by atoms with Gasteiger partial charge < -0.3 is 5.32 Å². The molecule has 102 valence electrons. The third-order valence-electron chi connectivity index (χ3n) is 3.19. The van der Waals surface area contributed by atoms with Crippen LogP contribution in [0.2, 0.25) is 0 Å². The molecule has 0 aliphatic carbocycles. The van der Waals surface area contributed by atoms with E-state index in [1.54, 1.807) is 0 Å². The Bertz CT molecular complexity index is 324. The molecule has 2 nitrogen and oxygen atoms in total. The molecule has 0 heterocycles. The molecule has 1 N–H and O–H groups in total.